The Morgan fingerprint density at radius 1 is 0.692 bits per heavy atom. The molecule has 0 aliphatic rings. The van der Waals surface area contributed by atoms with Gasteiger partial charge in [-0.25, -0.2) is 0 Å². The molecule has 0 unspecified atom stereocenters. The number of aromatic hydroxyl groups is 1. The average Bonchev–Trinajstić information content (AvgIpc) is 1.69. The summed E-state index contributed by atoms with van der Waals surface area (Å²) in [6.45, 7) is 0. The molecule has 1 rings (SSSR count). The number of phenols is 1. The Balaban J connectivity index is -0.0000000204. The van der Waals surface area contributed by atoms with Crippen LogP contribution in [0.25, 0.3) is 0 Å². The Morgan fingerprint density at radius 3 is 1.15 bits per heavy atom. The molecule has 0 spiro atoms. The van der Waals surface area contributed by atoms with E-state index in [2.05, 4.69) is 0 Å². The molecule has 0 aliphatic heterocycles. The fraction of sp³-hybridized carbons (Fsp3) is 0. The molecule has 0 radical (unpaired) electrons. The van der Waals surface area contributed by atoms with Crippen molar-refractivity contribution in [2.24, 2.45) is 0 Å². The summed E-state index contributed by atoms with van der Waals surface area (Å²) >= 11 is 0. The van der Waals surface area contributed by atoms with Gasteiger partial charge >= 0.3 is 0 Å². The minimum atomic E-state index is 0. The van der Waals surface area contributed by atoms with Gasteiger partial charge in [0, 0.05) is 21.1 Å². The first-order valence-electron chi connectivity index (χ1n) is 2.13. The van der Waals surface area contributed by atoms with Crippen molar-refractivity contribution in [2.75, 3.05) is 0 Å². The van der Waals surface area contributed by atoms with Crippen LogP contribution < -0.4 is 0 Å². The van der Waals surface area contributed by atoms with Crippen LogP contribution >= 0.6 is 62.0 Å². The Labute approximate surface area is 123 Å². The molecule has 0 saturated heterocycles. The smallest absolute Gasteiger partial charge is 0.115 e. The van der Waals surface area contributed by atoms with Gasteiger partial charge in [-0.3, -0.25) is 0 Å². The van der Waals surface area contributed by atoms with Crippen LogP contribution in [-0.2, 0) is 21.1 Å². The monoisotopic (exact) mass is 458 g/mol. The maximum Gasteiger partial charge on any atom is 0.115 e. The summed E-state index contributed by atoms with van der Waals surface area (Å²) in [6.07, 6.45) is 0. The maximum atomic E-state index is 8.63. The fourth-order valence-electron chi connectivity index (χ4n) is 0.428. The van der Waals surface area contributed by atoms with Gasteiger partial charge < -0.3 is 5.11 Å². The number of rotatable bonds is 0. The molecule has 0 saturated carbocycles. The Hall–Kier alpha value is 1.16. The summed E-state index contributed by atoms with van der Waals surface area (Å²) in [5.41, 5.74) is 0. The van der Waals surface area contributed by atoms with Gasteiger partial charge in [-0.05, 0) is 12.1 Å². The summed E-state index contributed by atoms with van der Waals surface area (Å²) in [6, 6.07) is 8.71. The van der Waals surface area contributed by atoms with E-state index >= 15 is 0 Å². The van der Waals surface area contributed by atoms with Crippen molar-refractivity contribution < 1.29 is 26.2 Å². The van der Waals surface area contributed by atoms with E-state index in [1.54, 1.807) is 24.3 Å². The van der Waals surface area contributed by atoms with Crippen LogP contribution in [0.4, 0.5) is 0 Å². The predicted molar refractivity (Wildman–Crippen MR) is 64.3 cm³/mol. The topological polar surface area (TPSA) is 20.2 Å². The van der Waals surface area contributed by atoms with Gasteiger partial charge in [-0.15, -0.1) is 62.0 Å². The minimum absolute atomic E-state index is 0. The molecule has 1 N–H and O–H groups in total. The number of hydrogen-bond acceptors (Lipinski definition) is 1. The number of phenolic OH excluding ortho intramolecular Hbond substituents is 1. The van der Waals surface area contributed by atoms with Crippen molar-refractivity contribution in [1.29, 1.82) is 0 Å². The first kappa shape index (κ1) is 36.8. The third-order valence-electron chi connectivity index (χ3n) is 0.756. The van der Waals surface area contributed by atoms with Gasteiger partial charge in [0.25, 0.3) is 0 Å². The van der Waals surface area contributed by atoms with Crippen LogP contribution in [0.5, 0.6) is 5.75 Å². The molecule has 0 amide bonds. The number of hydrogen-bond donors (Lipinski definition) is 1. The van der Waals surface area contributed by atoms with Crippen molar-refractivity contribution in [3.05, 3.63) is 30.3 Å². The fourth-order valence-corrected chi connectivity index (χ4v) is 0.428. The molecule has 13 heavy (non-hydrogen) atoms. The van der Waals surface area contributed by atoms with E-state index in [0.717, 1.165) is 0 Å². The van der Waals surface area contributed by atoms with Gasteiger partial charge in [0.1, 0.15) is 5.75 Å². The molecule has 0 aromatic heterocycles. The second-order valence-electron chi connectivity index (χ2n) is 1.34. The number of para-hydroxylation sites is 1. The molecule has 1 aromatic rings. The summed E-state index contributed by atoms with van der Waals surface area (Å²) in [5, 5.41) is 8.63. The van der Waals surface area contributed by atoms with E-state index in [1.807, 2.05) is 6.07 Å². The van der Waals surface area contributed by atoms with E-state index in [-0.39, 0.29) is 83.1 Å². The quantitative estimate of drug-likeness (QED) is 0.629. The number of benzene rings is 1. The third kappa shape index (κ3) is 19.5. The van der Waals surface area contributed by atoms with Crippen LogP contribution in [0, 0.1) is 0 Å². The zero-order chi connectivity index (χ0) is 5.11. The van der Waals surface area contributed by atoms with Crippen LogP contribution in [0.3, 0.4) is 0 Å². The second-order valence-corrected chi connectivity index (χ2v) is 1.34. The molecule has 7 heteroatoms. The van der Waals surface area contributed by atoms with Gasteiger partial charge in [0.05, 0.1) is 0 Å². The van der Waals surface area contributed by atoms with Crippen molar-refractivity contribution >= 4 is 62.0 Å². The van der Waals surface area contributed by atoms with Gasteiger partial charge in [-0.2, -0.15) is 0 Å². The largest absolute Gasteiger partial charge is 0.508 e. The summed E-state index contributed by atoms with van der Waals surface area (Å²) in [5.74, 6) is 0.322. The summed E-state index contributed by atoms with van der Waals surface area (Å²) in [4.78, 5) is 0. The predicted octanol–water partition coefficient (Wildman–Crippen LogP) is 3.50. The van der Waals surface area contributed by atoms with Gasteiger partial charge in [0.15, 0.2) is 0 Å². The standard InChI is InChI=1S/C6H6O.5ClH.W/c7-6-4-2-1-3-5-6;;;;;;/h1-5,7H;5*1H;. The normalized spacial score (nSPS) is 4.62. The van der Waals surface area contributed by atoms with E-state index in [4.69, 9.17) is 5.11 Å². The molecule has 0 heterocycles. The Morgan fingerprint density at radius 2 is 1.00 bits per heavy atom. The molecule has 1 aromatic carbocycles. The van der Waals surface area contributed by atoms with E-state index < -0.39 is 0 Å². The zero-order valence-electron chi connectivity index (χ0n) is 6.28. The van der Waals surface area contributed by atoms with Gasteiger partial charge in [0.2, 0.25) is 0 Å². The maximum absolute atomic E-state index is 8.63. The van der Waals surface area contributed by atoms with E-state index in [1.165, 1.54) is 0 Å². The molecule has 82 valence electrons. The first-order chi connectivity index (χ1) is 3.39. The Bertz CT molecular complexity index is 151. The van der Waals surface area contributed by atoms with Crippen molar-refractivity contribution in [1.82, 2.24) is 0 Å². The van der Waals surface area contributed by atoms with Crippen LogP contribution in [-0.4, -0.2) is 5.11 Å². The third-order valence-corrected chi connectivity index (χ3v) is 0.756. The van der Waals surface area contributed by atoms with Crippen LogP contribution in [0.15, 0.2) is 30.3 Å². The summed E-state index contributed by atoms with van der Waals surface area (Å²) < 4.78 is 0. The van der Waals surface area contributed by atoms with Gasteiger partial charge in [-0.1, -0.05) is 18.2 Å². The molecule has 0 fully saturated rings. The Kier molecular flexibility index (Phi) is 65.7. The molecule has 1 nitrogen and oxygen atoms in total. The SMILES string of the molecule is Cl.Cl.Cl.Cl.Cl.Oc1ccccc1.[W]. The zero-order valence-corrected chi connectivity index (χ0v) is 13.3. The van der Waals surface area contributed by atoms with E-state index in [9.17, 15) is 0 Å². The van der Waals surface area contributed by atoms with Crippen molar-refractivity contribution in [3.8, 4) is 5.75 Å². The molecular formula is C6H11Cl5OW. The van der Waals surface area contributed by atoms with Crippen LogP contribution in [0.2, 0.25) is 0 Å². The molecular weight excluding hydrogens is 449 g/mol. The summed E-state index contributed by atoms with van der Waals surface area (Å²) in [7, 11) is 0. The van der Waals surface area contributed by atoms with Crippen LogP contribution in [0.1, 0.15) is 0 Å². The number of halogens is 5. The molecule has 0 bridgehead atoms. The first-order valence-corrected chi connectivity index (χ1v) is 2.13. The van der Waals surface area contributed by atoms with Crippen molar-refractivity contribution in [3.63, 3.8) is 0 Å². The molecule has 0 aliphatic carbocycles. The minimum Gasteiger partial charge on any atom is -0.508 e. The van der Waals surface area contributed by atoms with Crippen molar-refractivity contribution in [2.45, 2.75) is 0 Å². The molecule has 0 atom stereocenters. The average molecular weight is 460 g/mol. The van der Waals surface area contributed by atoms with E-state index in [0.29, 0.717) is 5.75 Å². The second kappa shape index (κ2) is 23.2.